The van der Waals surface area contributed by atoms with Crippen molar-refractivity contribution in [1.82, 2.24) is 0 Å². The van der Waals surface area contributed by atoms with Gasteiger partial charge in [-0.3, -0.25) is 0 Å². The highest BCUT2D eigenvalue weighted by Gasteiger charge is 2.10. The third-order valence-electron chi connectivity index (χ3n) is 2.90. The summed E-state index contributed by atoms with van der Waals surface area (Å²) in [6.07, 6.45) is 0. The van der Waals surface area contributed by atoms with E-state index >= 15 is 0 Å². The van der Waals surface area contributed by atoms with Gasteiger partial charge in [-0.15, -0.1) is 0 Å². The lowest BCUT2D eigenvalue weighted by Gasteiger charge is -2.15. The molecule has 0 unspecified atom stereocenters. The topological polar surface area (TPSA) is 0 Å². The van der Waals surface area contributed by atoms with Crippen molar-refractivity contribution in [1.29, 1.82) is 0 Å². The Morgan fingerprint density at radius 2 is 1.00 bits per heavy atom. The Kier molecular flexibility index (Phi) is 3.73. The van der Waals surface area contributed by atoms with E-state index in [1.165, 1.54) is 11.1 Å². The lowest BCUT2D eigenvalue weighted by molar-refractivity contribution is 1.45. The van der Waals surface area contributed by atoms with Crippen molar-refractivity contribution in [3.63, 3.8) is 0 Å². The molecule has 0 saturated heterocycles. The average molecular weight is 222 g/mol. The van der Waals surface area contributed by atoms with E-state index in [0.29, 0.717) is 0 Å². The normalized spacial score (nSPS) is 11.4. The molecule has 1 aromatic rings. The van der Waals surface area contributed by atoms with Gasteiger partial charge in [-0.1, -0.05) is 59.8 Å². The minimum Gasteiger partial charge on any atom is -0.0682 e. The van der Waals surface area contributed by atoms with Gasteiger partial charge < -0.3 is 0 Å². The number of aryl methyl sites for hydroxylation is 2. The molecule has 0 spiro atoms. The number of rotatable bonds is 2. The van der Waals surface area contributed by atoms with Gasteiger partial charge in [0.05, 0.1) is 17.6 Å². The van der Waals surface area contributed by atoms with Crippen LogP contribution in [0.3, 0.4) is 0 Å². The third kappa shape index (κ3) is 2.36. The van der Waals surface area contributed by atoms with Gasteiger partial charge in [0.25, 0.3) is 0 Å². The van der Waals surface area contributed by atoms with E-state index in [4.69, 9.17) is 0 Å². The Labute approximate surface area is 91.6 Å². The summed E-state index contributed by atoms with van der Waals surface area (Å²) in [5.74, 6) is 0. The Hall–Kier alpha value is -0.346. The van der Waals surface area contributed by atoms with Gasteiger partial charge in [0.2, 0.25) is 0 Å². The number of benzene rings is 1. The van der Waals surface area contributed by atoms with Gasteiger partial charge in [-0.2, -0.15) is 0 Å². The summed E-state index contributed by atoms with van der Waals surface area (Å²) in [5, 5.41) is 3.31. The molecule has 0 aliphatic rings. The Bertz CT molecular complexity index is 294. The van der Waals surface area contributed by atoms with Crippen molar-refractivity contribution < 1.29 is 0 Å². The summed E-state index contributed by atoms with van der Waals surface area (Å²) in [7, 11) is -1.27. The predicted molar refractivity (Wildman–Crippen MR) is 72.9 cm³/mol. The zero-order valence-corrected chi connectivity index (χ0v) is 12.6. The van der Waals surface area contributed by atoms with Crippen LogP contribution in [0.2, 0.25) is 26.2 Å². The molecule has 0 heterocycles. The van der Waals surface area contributed by atoms with E-state index in [1.807, 2.05) is 0 Å². The van der Waals surface area contributed by atoms with Crippen molar-refractivity contribution in [2.24, 2.45) is 0 Å². The van der Waals surface area contributed by atoms with Crippen molar-refractivity contribution in [2.75, 3.05) is 0 Å². The Morgan fingerprint density at radius 1 is 0.714 bits per heavy atom. The van der Waals surface area contributed by atoms with Crippen LogP contribution in [-0.4, -0.2) is 17.6 Å². The summed E-state index contributed by atoms with van der Waals surface area (Å²) in [6, 6.07) is 4.91. The lowest BCUT2D eigenvalue weighted by atomic mass is 10.2. The molecule has 0 saturated carbocycles. The number of hydrogen-bond acceptors (Lipinski definition) is 0. The minimum atomic E-state index is -0.633. The first-order chi connectivity index (χ1) is 6.43. The third-order valence-corrected chi connectivity index (χ3v) is 6.63. The molecular formula is C12H22Si2. The van der Waals surface area contributed by atoms with Crippen LogP contribution in [-0.2, 0) is 0 Å². The zero-order chi connectivity index (χ0) is 10.9. The first-order valence-corrected chi connectivity index (χ1v) is 11.3. The van der Waals surface area contributed by atoms with Gasteiger partial charge in [-0.25, -0.2) is 0 Å². The highest BCUT2D eigenvalue weighted by atomic mass is 28.3. The molecule has 0 aliphatic heterocycles. The van der Waals surface area contributed by atoms with E-state index in [0.717, 1.165) is 0 Å². The molecule has 1 rings (SSSR count). The number of hydrogen-bond donors (Lipinski definition) is 0. The van der Waals surface area contributed by atoms with Crippen molar-refractivity contribution in [3.05, 3.63) is 23.3 Å². The van der Waals surface area contributed by atoms with Crippen LogP contribution >= 0.6 is 0 Å². The largest absolute Gasteiger partial charge is 0.0682 e. The van der Waals surface area contributed by atoms with E-state index in [1.54, 1.807) is 10.4 Å². The maximum absolute atomic E-state index is 2.45. The Morgan fingerprint density at radius 3 is 1.21 bits per heavy atom. The maximum Gasteiger partial charge on any atom is 0.0650 e. The standard InChI is InChI=1S/C12H22Si2/c1-9-7-12(14(5)6)10(2)8-11(9)13(3)4/h7-8,13-14H,1-6H3. The van der Waals surface area contributed by atoms with Crippen LogP contribution in [0.4, 0.5) is 0 Å². The first kappa shape index (κ1) is 11.7. The molecule has 1 aromatic carbocycles. The molecule has 2 heteroatoms. The highest BCUT2D eigenvalue weighted by molar-refractivity contribution is 6.73. The fraction of sp³-hybridized carbons (Fsp3) is 0.500. The molecule has 0 atom stereocenters. The molecule has 14 heavy (non-hydrogen) atoms. The molecular weight excluding hydrogens is 200 g/mol. The zero-order valence-electron chi connectivity index (χ0n) is 10.3. The summed E-state index contributed by atoms with van der Waals surface area (Å²) in [5.41, 5.74) is 3.07. The van der Waals surface area contributed by atoms with Gasteiger partial charge in [-0.05, 0) is 13.8 Å². The molecule has 0 nitrogen and oxygen atoms in total. The van der Waals surface area contributed by atoms with Gasteiger partial charge in [0.1, 0.15) is 0 Å². The smallest absolute Gasteiger partial charge is 0.0650 e. The fourth-order valence-electron chi connectivity index (χ4n) is 2.10. The second kappa shape index (κ2) is 4.45. The van der Waals surface area contributed by atoms with Gasteiger partial charge in [0.15, 0.2) is 0 Å². The van der Waals surface area contributed by atoms with E-state index in [9.17, 15) is 0 Å². The molecule has 0 fully saturated rings. The van der Waals surface area contributed by atoms with Crippen LogP contribution in [0, 0.1) is 13.8 Å². The average Bonchev–Trinajstić information content (AvgIpc) is 2.07. The molecule has 0 aliphatic carbocycles. The van der Waals surface area contributed by atoms with Crippen molar-refractivity contribution in [2.45, 2.75) is 40.0 Å². The quantitative estimate of drug-likeness (QED) is 0.668. The van der Waals surface area contributed by atoms with E-state index < -0.39 is 17.6 Å². The fourth-order valence-corrected chi connectivity index (χ4v) is 5.26. The highest BCUT2D eigenvalue weighted by Crippen LogP contribution is 2.02. The monoisotopic (exact) mass is 222 g/mol. The first-order valence-electron chi connectivity index (χ1n) is 5.54. The minimum absolute atomic E-state index is 0.633. The van der Waals surface area contributed by atoms with Crippen LogP contribution in [0.1, 0.15) is 11.1 Å². The predicted octanol–water partition coefficient (Wildman–Crippen LogP) is 1.69. The lowest BCUT2D eigenvalue weighted by Crippen LogP contribution is -2.33. The van der Waals surface area contributed by atoms with E-state index in [2.05, 4.69) is 52.2 Å². The van der Waals surface area contributed by atoms with Crippen LogP contribution in [0.5, 0.6) is 0 Å². The SMILES string of the molecule is Cc1cc([SiH](C)C)c(C)cc1[SiH](C)C. The molecule has 0 N–H and O–H groups in total. The summed E-state index contributed by atoms with van der Waals surface area (Å²) < 4.78 is 0. The van der Waals surface area contributed by atoms with Gasteiger partial charge >= 0.3 is 0 Å². The molecule has 0 amide bonds. The Balaban J connectivity index is 3.24. The van der Waals surface area contributed by atoms with Crippen LogP contribution < -0.4 is 10.4 Å². The molecule has 78 valence electrons. The van der Waals surface area contributed by atoms with E-state index in [-0.39, 0.29) is 0 Å². The van der Waals surface area contributed by atoms with Crippen molar-refractivity contribution in [3.8, 4) is 0 Å². The van der Waals surface area contributed by atoms with Gasteiger partial charge in [0, 0.05) is 0 Å². The maximum atomic E-state index is 2.45. The van der Waals surface area contributed by atoms with Crippen molar-refractivity contribution >= 4 is 28.0 Å². The molecule has 0 aromatic heterocycles. The molecule has 0 radical (unpaired) electrons. The molecule has 0 bridgehead atoms. The second-order valence-corrected chi connectivity index (χ2v) is 10.7. The summed E-state index contributed by atoms with van der Waals surface area (Å²) in [6.45, 7) is 14.2. The van der Waals surface area contributed by atoms with Crippen LogP contribution in [0.15, 0.2) is 12.1 Å². The second-order valence-electron chi connectivity index (χ2n) is 4.87. The summed E-state index contributed by atoms with van der Waals surface area (Å²) >= 11 is 0. The van der Waals surface area contributed by atoms with Crippen LogP contribution in [0.25, 0.3) is 0 Å². The summed E-state index contributed by atoms with van der Waals surface area (Å²) in [4.78, 5) is 0.